The molecule has 0 saturated carbocycles. The fraction of sp³-hybridized carbons (Fsp3) is 0.350. The minimum Gasteiger partial charge on any atom is -0.490 e. The average Bonchev–Trinajstić information content (AvgIpc) is 2.98. The van der Waals surface area contributed by atoms with E-state index in [2.05, 4.69) is 16.7 Å². The number of anilines is 1. The fourth-order valence-corrected chi connectivity index (χ4v) is 4.59. The molecule has 7 heteroatoms. The van der Waals surface area contributed by atoms with Crippen molar-refractivity contribution in [3.05, 3.63) is 45.8 Å². The summed E-state index contributed by atoms with van der Waals surface area (Å²) in [5, 5.41) is 16.1. The van der Waals surface area contributed by atoms with Crippen LogP contribution in [0.4, 0.5) is 5.00 Å². The summed E-state index contributed by atoms with van der Waals surface area (Å²) in [6.07, 6.45) is 4.13. The highest BCUT2D eigenvalue weighted by Gasteiger charge is 2.22. The van der Waals surface area contributed by atoms with Crippen LogP contribution < -0.4 is 15.4 Å². The van der Waals surface area contributed by atoms with Gasteiger partial charge in [0.15, 0.2) is 5.11 Å². The number of thiocarbonyl (C=S) groups is 1. The Morgan fingerprint density at radius 3 is 2.78 bits per heavy atom. The number of hydrogen-bond acceptors (Lipinski definition) is 5. The maximum atomic E-state index is 12.6. The van der Waals surface area contributed by atoms with Gasteiger partial charge in [0.1, 0.15) is 16.8 Å². The van der Waals surface area contributed by atoms with E-state index in [9.17, 15) is 10.1 Å². The van der Waals surface area contributed by atoms with E-state index >= 15 is 0 Å². The van der Waals surface area contributed by atoms with Crippen LogP contribution in [0.5, 0.6) is 5.75 Å². The molecule has 1 amide bonds. The van der Waals surface area contributed by atoms with Crippen molar-refractivity contribution < 1.29 is 9.53 Å². The van der Waals surface area contributed by atoms with Crippen molar-refractivity contribution in [1.29, 1.82) is 5.26 Å². The smallest absolute Gasteiger partial charge is 0.261 e. The molecule has 0 bridgehead atoms. The number of benzene rings is 1. The van der Waals surface area contributed by atoms with Crippen molar-refractivity contribution in [3.8, 4) is 11.8 Å². The molecule has 27 heavy (non-hydrogen) atoms. The average molecular weight is 400 g/mol. The first-order chi connectivity index (χ1) is 13.0. The van der Waals surface area contributed by atoms with Gasteiger partial charge >= 0.3 is 0 Å². The fourth-order valence-electron chi connectivity index (χ4n) is 3.09. The first kappa shape index (κ1) is 19.3. The highest BCUT2D eigenvalue weighted by Crippen LogP contribution is 2.37. The first-order valence-electron chi connectivity index (χ1n) is 8.92. The molecule has 1 aliphatic rings. The zero-order chi connectivity index (χ0) is 19.4. The Morgan fingerprint density at radius 1 is 1.30 bits per heavy atom. The largest absolute Gasteiger partial charge is 0.490 e. The number of nitrogens with zero attached hydrogens (tertiary/aromatic N) is 1. The van der Waals surface area contributed by atoms with Crippen LogP contribution in [-0.2, 0) is 12.8 Å². The quantitative estimate of drug-likeness (QED) is 0.745. The maximum Gasteiger partial charge on any atom is 0.261 e. The Kier molecular flexibility index (Phi) is 6.09. The number of para-hydroxylation sites is 1. The molecule has 0 aliphatic heterocycles. The highest BCUT2D eigenvalue weighted by molar-refractivity contribution is 7.80. The molecular formula is C20H21N3O2S2. The van der Waals surface area contributed by atoms with Crippen LogP contribution in [0.25, 0.3) is 0 Å². The van der Waals surface area contributed by atoms with E-state index in [1.54, 1.807) is 29.5 Å². The lowest BCUT2D eigenvalue weighted by atomic mass is 9.96. The van der Waals surface area contributed by atoms with Crippen LogP contribution in [0, 0.1) is 11.3 Å². The van der Waals surface area contributed by atoms with Crippen LogP contribution in [0.1, 0.15) is 53.1 Å². The van der Waals surface area contributed by atoms with Gasteiger partial charge in [-0.05, 0) is 69.4 Å². The Balaban J connectivity index is 1.73. The second-order valence-corrected chi connectivity index (χ2v) is 8.11. The molecule has 140 valence electrons. The highest BCUT2D eigenvalue weighted by atomic mass is 32.1. The van der Waals surface area contributed by atoms with Gasteiger partial charge in [-0.1, -0.05) is 12.1 Å². The Hall–Kier alpha value is -2.43. The van der Waals surface area contributed by atoms with Gasteiger partial charge in [0.25, 0.3) is 5.91 Å². The van der Waals surface area contributed by atoms with Crippen molar-refractivity contribution in [2.24, 2.45) is 0 Å². The zero-order valence-corrected chi connectivity index (χ0v) is 16.9. The first-order valence-corrected chi connectivity index (χ1v) is 10.1. The zero-order valence-electron chi connectivity index (χ0n) is 15.3. The van der Waals surface area contributed by atoms with Crippen LogP contribution in [0.3, 0.4) is 0 Å². The molecule has 0 radical (unpaired) electrons. The van der Waals surface area contributed by atoms with E-state index in [0.717, 1.165) is 31.2 Å². The number of ether oxygens (including phenoxy) is 1. The van der Waals surface area contributed by atoms with Crippen LogP contribution >= 0.6 is 23.6 Å². The Labute approximate surface area is 168 Å². The number of rotatable bonds is 4. The second-order valence-electron chi connectivity index (χ2n) is 6.60. The summed E-state index contributed by atoms with van der Waals surface area (Å²) in [6, 6.07) is 9.33. The summed E-state index contributed by atoms with van der Waals surface area (Å²) in [6.45, 7) is 3.81. The van der Waals surface area contributed by atoms with E-state index in [1.807, 2.05) is 19.9 Å². The van der Waals surface area contributed by atoms with Crippen molar-refractivity contribution in [3.63, 3.8) is 0 Å². The van der Waals surface area contributed by atoms with Gasteiger partial charge < -0.3 is 10.1 Å². The van der Waals surface area contributed by atoms with Gasteiger partial charge in [0.05, 0.1) is 17.2 Å². The minimum atomic E-state index is -0.344. The van der Waals surface area contributed by atoms with E-state index in [-0.39, 0.29) is 17.1 Å². The van der Waals surface area contributed by atoms with Crippen LogP contribution in [0.15, 0.2) is 24.3 Å². The topological polar surface area (TPSA) is 74.2 Å². The van der Waals surface area contributed by atoms with E-state index in [1.165, 1.54) is 4.88 Å². The summed E-state index contributed by atoms with van der Waals surface area (Å²) >= 11 is 6.86. The number of amides is 1. The molecule has 0 saturated heterocycles. The summed E-state index contributed by atoms with van der Waals surface area (Å²) in [5.74, 6) is 0.167. The summed E-state index contributed by atoms with van der Waals surface area (Å²) in [5.41, 5.74) is 2.19. The van der Waals surface area contributed by atoms with Crippen molar-refractivity contribution >= 4 is 39.6 Å². The summed E-state index contributed by atoms with van der Waals surface area (Å²) < 4.78 is 5.69. The van der Waals surface area contributed by atoms with E-state index in [4.69, 9.17) is 17.0 Å². The lowest BCUT2D eigenvalue weighted by Crippen LogP contribution is -2.34. The third-order valence-corrected chi connectivity index (χ3v) is 5.64. The van der Waals surface area contributed by atoms with Crippen molar-refractivity contribution in [1.82, 2.24) is 5.32 Å². The third-order valence-electron chi connectivity index (χ3n) is 4.23. The lowest BCUT2D eigenvalue weighted by Gasteiger charge is -2.14. The predicted octanol–water partition coefficient (Wildman–Crippen LogP) is 4.41. The molecule has 2 N–H and O–H groups in total. The number of aryl methyl sites for hydroxylation is 1. The van der Waals surface area contributed by atoms with Crippen molar-refractivity contribution in [2.75, 3.05) is 5.32 Å². The molecule has 0 fully saturated rings. The molecule has 0 spiro atoms. The summed E-state index contributed by atoms with van der Waals surface area (Å²) in [4.78, 5) is 13.9. The number of hydrogen-bond donors (Lipinski definition) is 2. The molecular weight excluding hydrogens is 378 g/mol. The minimum absolute atomic E-state index is 0.0420. The lowest BCUT2D eigenvalue weighted by molar-refractivity contribution is 0.0972. The maximum absolute atomic E-state index is 12.6. The summed E-state index contributed by atoms with van der Waals surface area (Å²) in [7, 11) is 0. The van der Waals surface area contributed by atoms with Gasteiger partial charge in [0, 0.05) is 4.88 Å². The van der Waals surface area contributed by atoms with E-state index < -0.39 is 0 Å². The predicted molar refractivity (Wildman–Crippen MR) is 112 cm³/mol. The molecule has 1 aromatic carbocycles. The second kappa shape index (κ2) is 8.51. The molecule has 0 atom stereocenters. The number of fused-ring (bicyclic) bond motifs is 1. The normalized spacial score (nSPS) is 12.8. The molecule has 1 aliphatic carbocycles. The van der Waals surface area contributed by atoms with Gasteiger partial charge in [-0.25, -0.2) is 0 Å². The number of nitriles is 1. The van der Waals surface area contributed by atoms with Gasteiger partial charge in [-0.2, -0.15) is 5.26 Å². The molecule has 5 nitrogen and oxygen atoms in total. The Morgan fingerprint density at radius 2 is 2.04 bits per heavy atom. The molecule has 1 heterocycles. The van der Waals surface area contributed by atoms with Gasteiger partial charge in [-0.15, -0.1) is 11.3 Å². The van der Waals surface area contributed by atoms with Gasteiger partial charge in [-0.3, -0.25) is 10.1 Å². The van der Waals surface area contributed by atoms with Crippen molar-refractivity contribution in [2.45, 2.75) is 45.6 Å². The number of nitrogens with one attached hydrogen (secondary N) is 2. The molecule has 3 rings (SSSR count). The van der Waals surface area contributed by atoms with Crippen LogP contribution in [-0.4, -0.2) is 17.1 Å². The number of carbonyl (C=O) groups excluding carboxylic acids is 1. The SMILES string of the molecule is CC(C)Oc1ccccc1C(=O)NC(=S)Nc1sc2c(c1C#N)CCCC2. The molecule has 1 aromatic heterocycles. The molecule has 0 unspecified atom stereocenters. The van der Waals surface area contributed by atoms with Gasteiger partial charge in [0.2, 0.25) is 0 Å². The number of carbonyl (C=O) groups is 1. The van der Waals surface area contributed by atoms with E-state index in [0.29, 0.717) is 21.9 Å². The number of thiophene rings is 1. The molecule has 2 aromatic rings. The third kappa shape index (κ3) is 4.46. The monoisotopic (exact) mass is 399 g/mol. The standard InChI is InChI=1S/C20H21N3O2S2/c1-12(2)25-16-9-5-3-8-14(16)18(24)22-20(26)23-19-15(11-21)13-7-4-6-10-17(13)27-19/h3,5,8-9,12H,4,6-7,10H2,1-2H3,(H2,22,23,24,26). The Bertz CT molecular complexity index is 912. The van der Waals surface area contributed by atoms with Crippen LogP contribution in [0.2, 0.25) is 0 Å².